The highest BCUT2D eigenvalue weighted by Gasteiger charge is 2.32. The number of piperazine rings is 1. The molecular weight excluding hydrogens is 398 g/mol. The van der Waals surface area contributed by atoms with Gasteiger partial charge in [-0.3, -0.25) is 24.7 Å². The van der Waals surface area contributed by atoms with E-state index >= 15 is 0 Å². The van der Waals surface area contributed by atoms with E-state index < -0.39 is 10.5 Å². The monoisotopic (exact) mass is 433 g/mol. The predicted octanol–water partition coefficient (Wildman–Crippen LogP) is 3.66. The highest BCUT2D eigenvalue weighted by molar-refractivity contribution is 5.72. The van der Waals surface area contributed by atoms with Gasteiger partial charge in [-0.05, 0) is 47.6 Å². The summed E-state index contributed by atoms with van der Waals surface area (Å²) in [5.74, 6) is 0.399. The van der Waals surface area contributed by atoms with Gasteiger partial charge in [0.25, 0.3) is 5.69 Å². The Balaban J connectivity index is 1.91. The van der Waals surface area contributed by atoms with E-state index in [1.54, 1.807) is 19.1 Å². The van der Waals surface area contributed by atoms with Crippen LogP contribution >= 0.6 is 0 Å². The van der Waals surface area contributed by atoms with Crippen LogP contribution in [0.1, 0.15) is 45.7 Å². The highest BCUT2D eigenvalue weighted by atomic mass is 16.6. The van der Waals surface area contributed by atoms with E-state index in [0.29, 0.717) is 23.5 Å². The van der Waals surface area contributed by atoms with Crippen molar-refractivity contribution < 1.29 is 19.2 Å². The fourth-order valence-corrected chi connectivity index (χ4v) is 3.94. The molecule has 1 fully saturated rings. The van der Waals surface area contributed by atoms with Crippen LogP contribution in [0.3, 0.4) is 0 Å². The van der Waals surface area contributed by atoms with Crippen LogP contribution in [-0.4, -0.2) is 71.2 Å². The molecule has 31 heavy (non-hydrogen) atoms. The van der Waals surface area contributed by atoms with Crippen LogP contribution in [0.25, 0.3) is 6.08 Å². The standard InChI is InChI=1S/C23H35N3O5/c1-8-19-12-20(26(28)29)16(2)11-21(19)30-10-9-24-13-17(3)25(18(4)14-24)15-22(27)31-23(5,6)7/h8,11-12,17-18H,1,9-10,13-15H2,2-7H3/t17-,18+. The lowest BCUT2D eigenvalue weighted by Crippen LogP contribution is -2.58. The van der Waals surface area contributed by atoms with Gasteiger partial charge < -0.3 is 9.47 Å². The SMILES string of the molecule is C=Cc1cc([N+](=O)[O-])c(C)cc1OCCN1C[C@@H](C)N(CC(=O)OC(C)(C)C)[C@@H](C)C1. The Hall–Kier alpha value is -2.45. The molecule has 0 radical (unpaired) electrons. The smallest absolute Gasteiger partial charge is 0.320 e. The maximum atomic E-state index is 12.2. The first-order valence-electron chi connectivity index (χ1n) is 10.7. The summed E-state index contributed by atoms with van der Waals surface area (Å²) < 4.78 is 11.4. The van der Waals surface area contributed by atoms with Gasteiger partial charge in [0.2, 0.25) is 0 Å². The molecule has 1 aliphatic heterocycles. The molecule has 172 valence electrons. The first-order valence-corrected chi connectivity index (χ1v) is 10.7. The van der Waals surface area contributed by atoms with Gasteiger partial charge in [-0.25, -0.2) is 0 Å². The minimum Gasteiger partial charge on any atom is -0.492 e. The average molecular weight is 434 g/mol. The van der Waals surface area contributed by atoms with Crippen LogP contribution < -0.4 is 4.74 Å². The second-order valence-electron chi connectivity index (χ2n) is 9.20. The Kier molecular flexibility index (Phi) is 8.20. The van der Waals surface area contributed by atoms with Crippen LogP contribution in [0, 0.1) is 17.0 Å². The fraction of sp³-hybridized carbons (Fsp3) is 0.609. The number of carbonyl (C=O) groups excluding carboxylic acids is 1. The molecule has 1 aromatic rings. The van der Waals surface area contributed by atoms with Gasteiger partial charge >= 0.3 is 5.97 Å². The predicted molar refractivity (Wildman–Crippen MR) is 121 cm³/mol. The van der Waals surface area contributed by atoms with Crippen LogP contribution in [0.15, 0.2) is 18.7 Å². The topological polar surface area (TPSA) is 85.2 Å². The summed E-state index contributed by atoms with van der Waals surface area (Å²) in [5.41, 5.74) is 0.749. The zero-order chi connectivity index (χ0) is 23.3. The molecule has 0 aromatic heterocycles. The molecule has 8 nitrogen and oxygen atoms in total. The fourth-order valence-electron chi connectivity index (χ4n) is 3.94. The van der Waals surface area contributed by atoms with Crippen LogP contribution in [0.2, 0.25) is 0 Å². The molecule has 2 atom stereocenters. The molecule has 2 rings (SSSR count). The lowest BCUT2D eigenvalue weighted by molar-refractivity contribution is -0.385. The number of aryl methyl sites for hydroxylation is 1. The number of nitro benzene ring substituents is 1. The minimum absolute atomic E-state index is 0.0611. The van der Waals surface area contributed by atoms with Gasteiger partial charge in [-0.2, -0.15) is 0 Å². The normalized spacial score (nSPS) is 20.3. The van der Waals surface area contributed by atoms with Crippen molar-refractivity contribution in [2.24, 2.45) is 0 Å². The van der Waals surface area contributed by atoms with Crippen molar-refractivity contribution in [1.29, 1.82) is 0 Å². The summed E-state index contributed by atoms with van der Waals surface area (Å²) in [5, 5.41) is 11.1. The quantitative estimate of drug-likeness (QED) is 0.351. The summed E-state index contributed by atoms with van der Waals surface area (Å²) >= 11 is 0. The summed E-state index contributed by atoms with van der Waals surface area (Å²) in [6.07, 6.45) is 1.57. The number of esters is 1. The number of rotatable bonds is 8. The zero-order valence-electron chi connectivity index (χ0n) is 19.5. The number of ether oxygens (including phenoxy) is 2. The molecule has 1 heterocycles. The number of benzene rings is 1. The lowest BCUT2D eigenvalue weighted by Gasteiger charge is -2.44. The van der Waals surface area contributed by atoms with Gasteiger partial charge in [0.05, 0.1) is 11.5 Å². The summed E-state index contributed by atoms with van der Waals surface area (Å²) in [4.78, 5) is 27.5. The summed E-state index contributed by atoms with van der Waals surface area (Å²) in [6.45, 7) is 18.4. The second-order valence-corrected chi connectivity index (χ2v) is 9.20. The molecule has 0 saturated carbocycles. The van der Waals surface area contributed by atoms with Crippen molar-refractivity contribution in [1.82, 2.24) is 9.80 Å². The molecule has 0 amide bonds. The molecule has 0 N–H and O–H groups in total. The molecular formula is C23H35N3O5. The molecule has 8 heteroatoms. The third-order valence-electron chi connectivity index (χ3n) is 5.32. The van der Waals surface area contributed by atoms with E-state index in [0.717, 1.165) is 19.6 Å². The zero-order valence-corrected chi connectivity index (χ0v) is 19.5. The van der Waals surface area contributed by atoms with Crippen molar-refractivity contribution in [3.05, 3.63) is 40.0 Å². The van der Waals surface area contributed by atoms with Crippen LogP contribution in [0.4, 0.5) is 5.69 Å². The number of hydrogen-bond acceptors (Lipinski definition) is 7. The van der Waals surface area contributed by atoms with Crippen molar-refractivity contribution in [3.63, 3.8) is 0 Å². The van der Waals surface area contributed by atoms with Crippen molar-refractivity contribution in [2.45, 2.75) is 59.2 Å². The Morgan fingerprint density at radius 1 is 1.29 bits per heavy atom. The van der Waals surface area contributed by atoms with E-state index in [9.17, 15) is 14.9 Å². The maximum absolute atomic E-state index is 12.2. The maximum Gasteiger partial charge on any atom is 0.320 e. The van der Waals surface area contributed by atoms with E-state index in [2.05, 4.69) is 30.2 Å². The highest BCUT2D eigenvalue weighted by Crippen LogP contribution is 2.29. The third-order valence-corrected chi connectivity index (χ3v) is 5.32. The number of hydrogen-bond donors (Lipinski definition) is 0. The summed E-state index contributed by atoms with van der Waals surface area (Å²) in [6, 6.07) is 3.61. The van der Waals surface area contributed by atoms with Gasteiger partial charge in [0.15, 0.2) is 0 Å². The first kappa shape index (κ1) is 24.8. The van der Waals surface area contributed by atoms with Gasteiger partial charge in [0, 0.05) is 48.9 Å². The Morgan fingerprint density at radius 2 is 1.90 bits per heavy atom. The average Bonchev–Trinajstić information content (AvgIpc) is 2.63. The van der Waals surface area contributed by atoms with Crippen LogP contribution in [0.5, 0.6) is 5.75 Å². The van der Waals surface area contributed by atoms with Crippen LogP contribution in [-0.2, 0) is 9.53 Å². The van der Waals surface area contributed by atoms with E-state index in [-0.39, 0.29) is 30.3 Å². The largest absolute Gasteiger partial charge is 0.492 e. The molecule has 1 saturated heterocycles. The molecule has 0 aliphatic carbocycles. The van der Waals surface area contributed by atoms with Gasteiger partial charge in [-0.15, -0.1) is 0 Å². The Morgan fingerprint density at radius 3 is 2.42 bits per heavy atom. The number of nitrogens with zero attached hydrogens (tertiary/aromatic N) is 3. The van der Waals surface area contributed by atoms with E-state index in [1.165, 1.54) is 6.07 Å². The second kappa shape index (κ2) is 10.2. The molecule has 0 spiro atoms. The molecule has 1 aliphatic rings. The van der Waals surface area contributed by atoms with E-state index in [4.69, 9.17) is 9.47 Å². The minimum atomic E-state index is -0.483. The van der Waals surface area contributed by atoms with Crippen molar-refractivity contribution in [2.75, 3.05) is 32.8 Å². The molecule has 0 unspecified atom stereocenters. The van der Waals surface area contributed by atoms with Crippen molar-refractivity contribution in [3.8, 4) is 5.75 Å². The third kappa shape index (κ3) is 7.04. The van der Waals surface area contributed by atoms with Gasteiger partial charge in [-0.1, -0.05) is 12.7 Å². The molecule has 1 aromatic carbocycles. The lowest BCUT2D eigenvalue weighted by atomic mass is 10.1. The Labute approximate surface area is 185 Å². The first-order chi connectivity index (χ1) is 14.4. The molecule has 0 bridgehead atoms. The number of carbonyl (C=O) groups is 1. The Bertz CT molecular complexity index is 806. The van der Waals surface area contributed by atoms with Gasteiger partial charge in [0.1, 0.15) is 18.0 Å². The van der Waals surface area contributed by atoms with Crippen molar-refractivity contribution >= 4 is 17.7 Å². The summed E-state index contributed by atoms with van der Waals surface area (Å²) in [7, 11) is 0. The number of nitro groups is 1. The van der Waals surface area contributed by atoms with E-state index in [1.807, 2.05) is 20.8 Å².